The standard InChI is InChI=1S/C15H18N2O5/c1-3-4-11-9-14(20)17(15(11)21)22-10(2)7-8-16-12(18)5-6-13(16)19/h5-6,11H,2-4,7-9H2,1H3. The lowest BCUT2D eigenvalue weighted by atomic mass is 10.0. The van der Waals surface area contributed by atoms with Crippen LogP contribution in [-0.4, -0.2) is 40.1 Å². The Labute approximate surface area is 128 Å². The van der Waals surface area contributed by atoms with E-state index < -0.39 is 11.8 Å². The summed E-state index contributed by atoms with van der Waals surface area (Å²) in [6.45, 7) is 5.67. The van der Waals surface area contributed by atoms with Crippen LogP contribution in [0.15, 0.2) is 24.5 Å². The predicted octanol–water partition coefficient (Wildman–Crippen LogP) is 0.922. The predicted molar refractivity (Wildman–Crippen MR) is 75.6 cm³/mol. The molecule has 0 radical (unpaired) electrons. The Morgan fingerprint density at radius 2 is 1.91 bits per heavy atom. The van der Waals surface area contributed by atoms with Gasteiger partial charge in [-0.25, -0.2) is 0 Å². The van der Waals surface area contributed by atoms with Crippen LogP contribution in [0, 0.1) is 5.92 Å². The molecule has 0 N–H and O–H groups in total. The highest BCUT2D eigenvalue weighted by Gasteiger charge is 2.40. The molecule has 2 heterocycles. The molecule has 2 aliphatic heterocycles. The van der Waals surface area contributed by atoms with Crippen LogP contribution in [0.4, 0.5) is 0 Å². The normalized spacial score (nSPS) is 21.2. The van der Waals surface area contributed by atoms with E-state index in [1.807, 2.05) is 6.92 Å². The van der Waals surface area contributed by atoms with Gasteiger partial charge >= 0.3 is 0 Å². The van der Waals surface area contributed by atoms with Crippen LogP contribution >= 0.6 is 0 Å². The van der Waals surface area contributed by atoms with Gasteiger partial charge in [0.1, 0.15) is 5.76 Å². The largest absolute Gasteiger partial charge is 0.374 e. The van der Waals surface area contributed by atoms with Gasteiger partial charge in [0.15, 0.2) is 0 Å². The molecular weight excluding hydrogens is 288 g/mol. The van der Waals surface area contributed by atoms with Gasteiger partial charge in [0.05, 0.1) is 5.92 Å². The van der Waals surface area contributed by atoms with Crippen LogP contribution in [0.25, 0.3) is 0 Å². The second kappa shape index (κ2) is 6.55. The average molecular weight is 306 g/mol. The van der Waals surface area contributed by atoms with E-state index in [-0.39, 0.29) is 42.9 Å². The third-order valence-electron chi connectivity index (χ3n) is 3.57. The zero-order chi connectivity index (χ0) is 16.3. The molecule has 0 bridgehead atoms. The maximum atomic E-state index is 12.0. The smallest absolute Gasteiger partial charge is 0.266 e. The molecule has 0 aromatic carbocycles. The van der Waals surface area contributed by atoms with Gasteiger partial charge in [0, 0.05) is 31.5 Å². The Balaban J connectivity index is 1.84. The Morgan fingerprint density at radius 1 is 1.27 bits per heavy atom. The van der Waals surface area contributed by atoms with Gasteiger partial charge in [-0.05, 0) is 6.42 Å². The fraction of sp³-hybridized carbons (Fsp3) is 0.467. The van der Waals surface area contributed by atoms with Crippen LogP contribution < -0.4 is 0 Å². The van der Waals surface area contributed by atoms with Crippen molar-refractivity contribution in [3.05, 3.63) is 24.5 Å². The molecule has 0 aromatic rings. The summed E-state index contributed by atoms with van der Waals surface area (Å²) in [5, 5.41) is 0.745. The third kappa shape index (κ3) is 3.24. The summed E-state index contributed by atoms with van der Waals surface area (Å²) >= 11 is 0. The number of imide groups is 2. The van der Waals surface area contributed by atoms with Crippen LogP contribution in [0.2, 0.25) is 0 Å². The van der Waals surface area contributed by atoms with Crippen molar-refractivity contribution < 1.29 is 24.0 Å². The lowest BCUT2D eigenvalue weighted by Crippen LogP contribution is -2.33. The monoisotopic (exact) mass is 306 g/mol. The van der Waals surface area contributed by atoms with Gasteiger partial charge in [0.25, 0.3) is 23.6 Å². The van der Waals surface area contributed by atoms with Gasteiger partial charge in [-0.15, -0.1) is 5.06 Å². The maximum absolute atomic E-state index is 12.0. The summed E-state index contributed by atoms with van der Waals surface area (Å²) < 4.78 is 0. The zero-order valence-corrected chi connectivity index (χ0v) is 12.4. The summed E-state index contributed by atoms with van der Waals surface area (Å²) in [5.74, 6) is -1.71. The van der Waals surface area contributed by atoms with E-state index in [0.717, 1.165) is 16.4 Å². The zero-order valence-electron chi connectivity index (χ0n) is 12.4. The second-order valence-corrected chi connectivity index (χ2v) is 5.26. The van der Waals surface area contributed by atoms with Crippen molar-refractivity contribution in [2.24, 2.45) is 5.92 Å². The average Bonchev–Trinajstić information content (AvgIpc) is 2.92. The fourth-order valence-electron chi connectivity index (χ4n) is 2.40. The number of nitrogens with zero attached hydrogens (tertiary/aromatic N) is 2. The molecule has 1 fully saturated rings. The Morgan fingerprint density at radius 3 is 2.50 bits per heavy atom. The molecule has 2 aliphatic rings. The first-order valence-electron chi connectivity index (χ1n) is 7.20. The van der Waals surface area contributed by atoms with Crippen LogP contribution in [-0.2, 0) is 24.0 Å². The van der Waals surface area contributed by atoms with E-state index in [4.69, 9.17) is 4.84 Å². The molecule has 1 saturated heterocycles. The summed E-state index contributed by atoms with van der Waals surface area (Å²) in [4.78, 5) is 52.8. The quantitative estimate of drug-likeness (QED) is 0.516. The van der Waals surface area contributed by atoms with E-state index >= 15 is 0 Å². The Bertz CT molecular complexity index is 548. The first-order chi connectivity index (χ1) is 10.4. The van der Waals surface area contributed by atoms with E-state index in [2.05, 4.69) is 6.58 Å². The number of hydroxylamine groups is 2. The minimum absolute atomic E-state index is 0.0953. The maximum Gasteiger partial charge on any atom is 0.266 e. The molecule has 22 heavy (non-hydrogen) atoms. The van der Waals surface area contributed by atoms with Gasteiger partial charge in [-0.1, -0.05) is 19.9 Å². The molecule has 0 saturated carbocycles. The molecule has 0 aromatic heterocycles. The summed E-state index contributed by atoms with van der Waals surface area (Å²) in [5.41, 5.74) is 0. The SMILES string of the molecule is C=C(CCN1C(=O)C=CC1=O)ON1C(=O)CC(CCC)C1=O. The lowest BCUT2D eigenvalue weighted by molar-refractivity contribution is -0.178. The van der Waals surface area contributed by atoms with E-state index in [1.54, 1.807) is 0 Å². The first-order valence-corrected chi connectivity index (χ1v) is 7.20. The minimum atomic E-state index is -0.394. The van der Waals surface area contributed by atoms with Gasteiger partial charge in [-0.2, -0.15) is 0 Å². The van der Waals surface area contributed by atoms with E-state index in [9.17, 15) is 19.2 Å². The molecule has 4 amide bonds. The highest BCUT2D eigenvalue weighted by atomic mass is 16.7. The summed E-state index contributed by atoms with van der Waals surface area (Å²) in [6, 6.07) is 0. The number of amides is 4. The first kappa shape index (κ1) is 15.9. The second-order valence-electron chi connectivity index (χ2n) is 5.26. The van der Waals surface area contributed by atoms with Gasteiger partial charge < -0.3 is 4.84 Å². The molecule has 118 valence electrons. The van der Waals surface area contributed by atoms with Crippen LogP contribution in [0.3, 0.4) is 0 Å². The third-order valence-corrected chi connectivity index (χ3v) is 3.57. The molecule has 0 spiro atoms. The fourth-order valence-corrected chi connectivity index (χ4v) is 2.40. The van der Waals surface area contributed by atoms with Crippen molar-refractivity contribution in [1.29, 1.82) is 0 Å². The van der Waals surface area contributed by atoms with Crippen LogP contribution in [0.1, 0.15) is 32.6 Å². The number of hydrogen-bond donors (Lipinski definition) is 0. The number of carbonyl (C=O) groups excluding carboxylic acids is 4. The van der Waals surface area contributed by atoms with Crippen molar-refractivity contribution in [2.45, 2.75) is 32.6 Å². The van der Waals surface area contributed by atoms with Crippen molar-refractivity contribution in [1.82, 2.24) is 9.96 Å². The molecule has 1 atom stereocenters. The summed E-state index contributed by atoms with van der Waals surface area (Å²) in [7, 11) is 0. The van der Waals surface area contributed by atoms with Crippen LogP contribution in [0.5, 0.6) is 0 Å². The molecule has 0 aliphatic carbocycles. The van der Waals surface area contributed by atoms with E-state index in [0.29, 0.717) is 6.42 Å². The molecule has 1 unspecified atom stereocenters. The van der Waals surface area contributed by atoms with Crippen molar-refractivity contribution in [3.8, 4) is 0 Å². The van der Waals surface area contributed by atoms with E-state index in [1.165, 1.54) is 12.2 Å². The molecule has 7 nitrogen and oxygen atoms in total. The van der Waals surface area contributed by atoms with Crippen molar-refractivity contribution in [3.63, 3.8) is 0 Å². The van der Waals surface area contributed by atoms with Crippen molar-refractivity contribution >= 4 is 23.6 Å². The molecule has 7 heteroatoms. The highest BCUT2D eigenvalue weighted by molar-refractivity contribution is 6.12. The lowest BCUT2D eigenvalue weighted by Gasteiger charge is -2.19. The molecular formula is C15H18N2O5. The topological polar surface area (TPSA) is 84.0 Å². The van der Waals surface area contributed by atoms with Gasteiger partial charge in [0.2, 0.25) is 0 Å². The highest BCUT2D eigenvalue weighted by Crippen LogP contribution is 2.25. The Hall–Kier alpha value is -2.44. The molecule has 2 rings (SSSR count). The Kier molecular flexibility index (Phi) is 4.75. The minimum Gasteiger partial charge on any atom is -0.374 e. The number of hydrogen-bond acceptors (Lipinski definition) is 5. The van der Waals surface area contributed by atoms with Crippen molar-refractivity contribution in [2.75, 3.05) is 6.54 Å². The number of rotatable bonds is 7. The van der Waals surface area contributed by atoms with Gasteiger partial charge in [-0.3, -0.25) is 24.1 Å². The summed E-state index contributed by atoms with van der Waals surface area (Å²) in [6.07, 6.45) is 4.13. The number of carbonyl (C=O) groups is 4.